The fraction of sp³-hybridized carbons (Fsp3) is 0. The predicted octanol–water partition coefficient (Wildman–Crippen LogP) is 7.51. The third-order valence-electron chi connectivity index (χ3n) is 4.27. The van der Waals surface area contributed by atoms with Crippen molar-refractivity contribution in [2.75, 3.05) is 0 Å². The van der Waals surface area contributed by atoms with Crippen molar-refractivity contribution in [1.82, 2.24) is 10.2 Å². The van der Waals surface area contributed by atoms with Crippen molar-refractivity contribution >= 4 is 71.6 Å². The van der Waals surface area contributed by atoms with Gasteiger partial charge < -0.3 is 5.11 Å². The molecule has 3 aromatic carbocycles. The van der Waals surface area contributed by atoms with Gasteiger partial charge in [-0.05, 0) is 44.0 Å². The first-order valence-electron chi connectivity index (χ1n) is 9.22. The Morgan fingerprint density at radius 1 is 1.00 bits per heavy atom. The molecule has 164 valence electrons. The second-order valence-corrected chi connectivity index (χ2v) is 9.11. The van der Waals surface area contributed by atoms with Gasteiger partial charge in [-0.25, -0.2) is 4.99 Å². The summed E-state index contributed by atoms with van der Waals surface area (Å²) in [7, 11) is 0. The molecular weight excluding hydrogens is 576 g/mol. The van der Waals surface area contributed by atoms with Crippen molar-refractivity contribution in [3.05, 3.63) is 85.3 Å². The number of nitrogens with zero attached hydrogens (tertiary/aromatic N) is 6. The number of aromatic hydroxyl groups is 1. The summed E-state index contributed by atoms with van der Waals surface area (Å²) in [5.74, 6) is -0.119. The number of phenolic OH excluding ortho intramolecular Hbond substituents is 1. The fourth-order valence-electron chi connectivity index (χ4n) is 2.68. The zero-order valence-electron chi connectivity index (χ0n) is 16.5. The van der Waals surface area contributed by atoms with Gasteiger partial charge in [-0.1, -0.05) is 47.7 Å². The molecule has 0 amide bonds. The summed E-state index contributed by atoms with van der Waals surface area (Å²) in [6, 6.07) is 17.3. The number of para-hydroxylation sites is 1. The van der Waals surface area contributed by atoms with Crippen molar-refractivity contribution < 1.29 is 10.0 Å². The summed E-state index contributed by atoms with van der Waals surface area (Å²) in [6.07, 6.45) is 1.47. The van der Waals surface area contributed by atoms with Crippen LogP contribution >= 0.6 is 43.2 Å². The monoisotopic (exact) mass is 586 g/mol. The maximum atomic E-state index is 11.0. The van der Waals surface area contributed by atoms with E-state index >= 15 is 0 Å². The largest absolute Gasteiger partial charge is 0.505 e. The van der Waals surface area contributed by atoms with E-state index in [4.69, 9.17) is 0 Å². The van der Waals surface area contributed by atoms with Gasteiger partial charge in [-0.15, -0.1) is 20.4 Å². The summed E-state index contributed by atoms with van der Waals surface area (Å²) in [5.41, 5.74) is 1.83. The molecule has 0 aliphatic rings. The van der Waals surface area contributed by atoms with Crippen LogP contribution in [0, 0.1) is 10.1 Å². The van der Waals surface area contributed by atoms with Crippen LogP contribution in [0.5, 0.6) is 5.75 Å². The molecule has 0 fully saturated rings. The Morgan fingerprint density at radius 3 is 2.42 bits per heavy atom. The topological polar surface area (TPSA) is 126 Å². The molecule has 0 spiro atoms. The van der Waals surface area contributed by atoms with Crippen LogP contribution in [0.2, 0.25) is 0 Å². The van der Waals surface area contributed by atoms with E-state index in [1.165, 1.54) is 29.7 Å². The molecule has 0 aliphatic heterocycles. The number of hydrogen-bond donors (Lipinski definition) is 1. The van der Waals surface area contributed by atoms with Gasteiger partial charge in [-0.2, -0.15) is 0 Å². The van der Waals surface area contributed by atoms with E-state index < -0.39 is 4.92 Å². The van der Waals surface area contributed by atoms with Crippen LogP contribution in [0.1, 0.15) is 5.56 Å². The van der Waals surface area contributed by atoms with E-state index in [-0.39, 0.29) is 17.1 Å². The zero-order chi connectivity index (χ0) is 23.4. The molecule has 4 rings (SSSR count). The lowest BCUT2D eigenvalue weighted by molar-refractivity contribution is -0.385. The average molecular weight is 588 g/mol. The molecular formula is C21H12Br2N6O3S. The molecule has 0 aliphatic carbocycles. The van der Waals surface area contributed by atoms with Crippen molar-refractivity contribution in [2.24, 2.45) is 15.2 Å². The van der Waals surface area contributed by atoms with Crippen LogP contribution in [0.4, 0.5) is 22.2 Å². The van der Waals surface area contributed by atoms with E-state index in [2.05, 4.69) is 57.3 Å². The molecule has 9 nitrogen and oxygen atoms in total. The van der Waals surface area contributed by atoms with Gasteiger partial charge in [0.25, 0.3) is 5.69 Å². The highest BCUT2D eigenvalue weighted by molar-refractivity contribution is 9.11. The standard InChI is InChI=1S/C21H12Br2N6O3S/c22-15-9-14(29(31)32)10-16(23)18(15)26-25-17-8-4-7-13(19(17)30)11-24-21-28-27-20(33-21)12-5-2-1-3-6-12/h1-11,30H/b24-11+,26-25?. The van der Waals surface area contributed by atoms with E-state index in [1.54, 1.807) is 18.2 Å². The first-order valence-corrected chi connectivity index (χ1v) is 11.6. The van der Waals surface area contributed by atoms with Gasteiger partial charge in [-0.3, -0.25) is 10.1 Å². The third kappa shape index (κ3) is 5.35. The number of aromatic nitrogens is 2. The smallest absolute Gasteiger partial charge is 0.271 e. The number of aliphatic imine (C=N–C) groups is 1. The second-order valence-electron chi connectivity index (χ2n) is 6.44. The molecule has 1 N–H and O–H groups in total. The SMILES string of the molecule is O=[N+]([O-])c1cc(Br)c(N=Nc2cccc(/C=N/c3nnc(-c4ccccc4)s3)c2O)c(Br)c1. The van der Waals surface area contributed by atoms with Gasteiger partial charge in [0, 0.05) is 29.5 Å². The summed E-state index contributed by atoms with van der Waals surface area (Å²) in [4.78, 5) is 14.8. The molecule has 4 aromatic rings. The Kier molecular flexibility index (Phi) is 6.96. The first kappa shape index (κ1) is 22.8. The number of nitro groups is 1. The normalized spacial score (nSPS) is 11.5. The van der Waals surface area contributed by atoms with Crippen LogP contribution in [0.25, 0.3) is 10.6 Å². The van der Waals surface area contributed by atoms with Gasteiger partial charge in [0.15, 0.2) is 5.75 Å². The highest BCUT2D eigenvalue weighted by atomic mass is 79.9. The molecule has 0 bridgehead atoms. The van der Waals surface area contributed by atoms with E-state index in [0.29, 0.717) is 25.3 Å². The highest BCUT2D eigenvalue weighted by Gasteiger charge is 2.14. The number of nitro benzene ring substituents is 1. The van der Waals surface area contributed by atoms with Crippen LogP contribution in [0.3, 0.4) is 0 Å². The van der Waals surface area contributed by atoms with Crippen LogP contribution in [-0.4, -0.2) is 26.4 Å². The number of halogens is 2. The van der Waals surface area contributed by atoms with Gasteiger partial charge in [0.1, 0.15) is 16.4 Å². The molecule has 12 heteroatoms. The summed E-state index contributed by atoms with van der Waals surface area (Å²) < 4.78 is 0.769. The number of phenols is 1. The van der Waals surface area contributed by atoms with Crippen molar-refractivity contribution in [1.29, 1.82) is 0 Å². The molecule has 0 atom stereocenters. The van der Waals surface area contributed by atoms with Crippen molar-refractivity contribution in [3.8, 4) is 16.3 Å². The lowest BCUT2D eigenvalue weighted by Crippen LogP contribution is -1.88. The number of non-ortho nitro benzene ring substituents is 1. The summed E-state index contributed by atoms with van der Waals surface area (Å²) in [5, 5.41) is 39.2. The van der Waals surface area contributed by atoms with Crippen LogP contribution in [-0.2, 0) is 0 Å². The quantitative estimate of drug-likeness (QED) is 0.108. The van der Waals surface area contributed by atoms with Crippen LogP contribution in [0.15, 0.2) is 84.8 Å². The van der Waals surface area contributed by atoms with Gasteiger partial charge >= 0.3 is 0 Å². The maximum Gasteiger partial charge on any atom is 0.271 e. The average Bonchev–Trinajstić information content (AvgIpc) is 3.28. The van der Waals surface area contributed by atoms with E-state index in [9.17, 15) is 15.2 Å². The minimum atomic E-state index is -0.508. The predicted molar refractivity (Wildman–Crippen MR) is 133 cm³/mol. The molecule has 33 heavy (non-hydrogen) atoms. The summed E-state index contributed by atoms with van der Waals surface area (Å²) in [6.45, 7) is 0. The molecule has 0 saturated carbocycles. The second kappa shape index (κ2) is 10.1. The Labute approximate surface area is 208 Å². The molecule has 1 aromatic heterocycles. The Hall–Kier alpha value is -3.35. The molecule has 0 unspecified atom stereocenters. The van der Waals surface area contributed by atoms with Crippen molar-refractivity contribution in [3.63, 3.8) is 0 Å². The Morgan fingerprint density at radius 2 is 1.73 bits per heavy atom. The maximum absolute atomic E-state index is 11.0. The van der Waals surface area contributed by atoms with Crippen LogP contribution < -0.4 is 0 Å². The molecule has 0 radical (unpaired) electrons. The van der Waals surface area contributed by atoms with Gasteiger partial charge in [0.05, 0.1) is 13.9 Å². The number of azo groups is 1. The van der Waals surface area contributed by atoms with E-state index in [1.807, 2.05) is 30.3 Å². The number of benzene rings is 3. The first-order chi connectivity index (χ1) is 15.9. The molecule has 1 heterocycles. The Bertz CT molecular complexity index is 1370. The van der Waals surface area contributed by atoms with Gasteiger partial charge in [0.2, 0.25) is 5.13 Å². The van der Waals surface area contributed by atoms with E-state index in [0.717, 1.165) is 10.6 Å². The Balaban J connectivity index is 1.56. The third-order valence-corrected chi connectivity index (χ3v) is 6.35. The lowest BCUT2D eigenvalue weighted by atomic mass is 10.2. The lowest BCUT2D eigenvalue weighted by Gasteiger charge is -2.03. The number of hydrogen-bond acceptors (Lipinski definition) is 9. The highest BCUT2D eigenvalue weighted by Crippen LogP contribution is 2.39. The minimum Gasteiger partial charge on any atom is -0.505 e. The molecule has 0 saturated heterocycles. The number of rotatable bonds is 6. The zero-order valence-corrected chi connectivity index (χ0v) is 20.5. The summed E-state index contributed by atoms with van der Waals surface area (Å²) >= 11 is 7.84. The fourth-order valence-corrected chi connectivity index (χ4v) is 4.70. The van der Waals surface area contributed by atoms with Crippen molar-refractivity contribution in [2.45, 2.75) is 0 Å². The minimum absolute atomic E-state index is 0.0964.